The highest BCUT2D eigenvalue weighted by atomic mass is 16.5. The van der Waals surface area contributed by atoms with Gasteiger partial charge in [-0.05, 0) is 70.7 Å². The molecule has 2 heterocycles. The molecular formula is C24H29N3O3. The molecule has 1 aliphatic carbocycles. The minimum atomic E-state index is -0.0379. The second kappa shape index (κ2) is 8.56. The average molecular weight is 408 g/mol. The van der Waals surface area contributed by atoms with Crippen LogP contribution in [0.3, 0.4) is 0 Å². The van der Waals surface area contributed by atoms with Gasteiger partial charge in [-0.1, -0.05) is 6.07 Å². The SMILES string of the molecule is CC(=O)c1ccc2c(c1)N(C(=O)[C@H]1CC[C@H](OC(C)C)CC1)Cc1cccnc1N2. The van der Waals surface area contributed by atoms with Crippen LogP contribution in [0.4, 0.5) is 17.2 Å². The van der Waals surface area contributed by atoms with Gasteiger partial charge in [0.15, 0.2) is 5.78 Å². The highest BCUT2D eigenvalue weighted by Gasteiger charge is 2.33. The Kier molecular flexibility index (Phi) is 5.86. The maximum atomic E-state index is 13.6. The van der Waals surface area contributed by atoms with Gasteiger partial charge in [-0.2, -0.15) is 0 Å². The van der Waals surface area contributed by atoms with E-state index >= 15 is 0 Å². The normalized spacial score (nSPS) is 20.7. The molecule has 1 saturated carbocycles. The van der Waals surface area contributed by atoms with E-state index in [1.54, 1.807) is 19.2 Å². The molecule has 1 amide bonds. The molecule has 6 heteroatoms. The van der Waals surface area contributed by atoms with Crippen LogP contribution in [0, 0.1) is 5.92 Å². The first kappa shape index (κ1) is 20.5. The fraction of sp³-hybridized carbons (Fsp3) is 0.458. The van der Waals surface area contributed by atoms with Gasteiger partial charge < -0.3 is 15.0 Å². The first-order chi connectivity index (χ1) is 14.4. The van der Waals surface area contributed by atoms with E-state index in [1.165, 1.54) is 0 Å². The number of amides is 1. The minimum Gasteiger partial charge on any atom is -0.376 e. The molecule has 0 unspecified atom stereocenters. The highest BCUT2D eigenvalue weighted by molar-refractivity contribution is 6.02. The van der Waals surface area contributed by atoms with E-state index in [1.807, 2.05) is 29.2 Å². The topological polar surface area (TPSA) is 71.5 Å². The molecular weight excluding hydrogens is 378 g/mol. The number of aromatic nitrogens is 1. The summed E-state index contributed by atoms with van der Waals surface area (Å²) in [7, 11) is 0. The molecule has 1 fully saturated rings. The molecule has 2 aliphatic rings. The van der Waals surface area contributed by atoms with Gasteiger partial charge in [-0.15, -0.1) is 0 Å². The Labute approximate surface area is 177 Å². The lowest BCUT2D eigenvalue weighted by atomic mass is 9.86. The number of Topliss-reactive ketones (excluding diaryl/α,β-unsaturated/α-hetero) is 1. The maximum absolute atomic E-state index is 13.6. The number of ketones is 1. The molecule has 1 aliphatic heterocycles. The third-order valence-electron chi connectivity index (χ3n) is 5.92. The number of benzene rings is 1. The number of anilines is 3. The second-order valence-corrected chi connectivity index (χ2v) is 8.51. The van der Waals surface area contributed by atoms with E-state index in [9.17, 15) is 9.59 Å². The molecule has 1 aromatic heterocycles. The summed E-state index contributed by atoms with van der Waals surface area (Å²) < 4.78 is 5.95. The Morgan fingerprint density at radius 1 is 1.17 bits per heavy atom. The average Bonchev–Trinajstić information content (AvgIpc) is 2.89. The zero-order chi connectivity index (χ0) is 21.3. The predicted molar refractivity (Wildman–Crippen MR) is 117 cm³/mol. The zero-order valence-corrected chi connectivity index (χ0v) is 17.9. The number of carbonyl (C=O) groups is 2. The molecule has 1 N–H and O–H groups in total. The Hall–Kier alpha value is -2.73. The van der Waals surface area contributed by atoms with Crippen molar-refractivity contribution >= 4 is 28.9 Å². The molecule has 0 bridgehead atoms. The zero-order valence-electron chi connectivity index (χ0n) is 17.9. The smallest absolute Gasteiger partial charge is 0.230 e. The third-order valence-corrected chi connectivity index (χ3v) is 5.92. The van der Waals surface area contributed by atoms with E-state index in [-0.39, 0.29) is 29.8 Å². The predicted octanol–water partition coefficient (Wildman–Crippen LogP) is 4.86. The first-order valence-corrected chi connectivity index (χ1v) is 10.7. The molecule has 2 aromatic rings. The summed E-state index contributed by atoms with van der Waals surface area (Å²) in [4.78, 5) is 31.9. The Morgan fingerprint density at radius 2 is 1.93 bits per heavy atom. The number of ether oxygens (including phenoxy) is 1. The third kappa shape index (κ3) is 4.24. The van der Waals surface area contributed by atoms with Gasteiger partial charge in [0.25, 0.3) is 0 Å². The lowest BCUT2D eigenvalue weighted by Gasteiger charge is -2.33. The van der Waals surface area contributed by atoms with Crippen LogP contribution in [0.2, 0.25) is 0 Å². The van der Waals surface area contributed by atoms with Crippen LogP contribution in [0.1, 0.15) is 62.4 Å². The van der Waals surface area contributed by atoms with E-state index in [4.69, 9.17) is 4.74 Å². The van der Waals surface area contributed by atoms with Crippen LogP contribution in [-0.2, 0) is 16.1 Å². The quantitative estimate of drug-likeness (QED) is 0.733. The Morgan fingerprint density at radius 3 is 2.63 bits per heavy atom. The van der Waals surface area contributed by atoms with Gasteiger partial charge in [-0.25, -0.2) is 4.98 Å². The lowest BCUT2D eigenvalue weighted by molar-refractivity contribution is -0.124. The molecule has 0 saturated heterocycles. The van der Waals surface area contributed by atoms with Gasteiger partial charge in [0.2, 0.25) is 5.91 Å². The highest BCUT2D eigenvalue weighted by Crippen LogP contribution is 2.38. The summed E-state index contributed by atoms with van der Waals surface area (Å²) in [6, 6.07) is 9.35. The van der Waals surface area contributed by atoms with Crippen molar-refractivity contribution in [3.05, 3.63) is 47.7 Å². The minimum absolute atomic E-state index is 0.0172. The maximum Gasteiger partial charge on any atom is 0.230 e. The standard InChI is InChI=1S/C24H29N3O3/c1-15(2)30-20-9-6-17(7-10-20)24(29)27-14-19-5-4-12-25-23(19)26-21-11-8-18(16(3)28)13-22(21)27/h4-5,8,11-13,15,17,20H,6-7,9-10,14H2,1-3H3,(H,25,26)/t17-,20-. The van der Waals surface area contributed by atoms with Crippen molar-refractivity contribution in [3.63, 3.8) is 0 Å². The van der Waals surface area contributed by atoms with Crippen LogP contribution in [0.5, 0.6) is 0 Å². The van der Waals surface area contributed by atoms with Gasteiger partial charge in [-0.3, -0.25) is 9.59 Å². The molecule has 158 valence electrons. The van der Waals surface area contributed by atoms with Crippen molar-refractivity contribution in [2.24, 2.45) is 5.92 Å². The van der Waals surface area contributed by atoms with Crippen molar-refractivity contribution in [3.8, 4) is 0 Å². The summed E-state index contributed by atoms with van der Waals surface area (Å²) >= 11 is 0. The van der Waals surface area contributed by atoms with Crippen LogP contribution in [0.25, 0.3) is 0 Å². The monoisotopic (exact) mass is 407 g/mol. The van der Waals surface area contributed by atoms with Crippen molar-refractivity contribution in [2.75, 3.05) is 10.2 Å². The largest absolute Gasteiger partial charge is 0.376 e. The lowest BCUT2D eigenvalue weighted by Crippen LogP contribution is -2.38. The second-order valence-electron chi connectivity index (χ2n) is 8.51. The van der Waals surface area contributed by atoms with E-state index < -0.39 is 0 Å². The molecule has 6 nitrogen and oxygen atoms in total. The van der Waals surface area contributed by atoms with Crippen molar-refractivity contribution in [1.82, 2.24) is 4.98 Å². The van der Waals surface area contributed by atoms with E-state index in [2.05, 4.69) is 24.1 Å². The summed E-state index contributed by atoms with van der Waals surface area (Å²) in [5, 5.41) is 3.35. The van der Waals surface area contributed by atoms with Crippen LogP contribution in [0.15, 0.2) is 36.5 Å². The number of hydrogen-bond acceptors (Lipinski definition) is 5. The number of nitrogens with zero attached hydrogens (tertiary/aromatic N) is 2. The van der Waals surface area contributed by atoms with E-state index in [0.29, 0.717) is 12.1 Å². The number of hydrogen-bond donors (Lipinski definition) is 1. The van der Waals surface area contributed by atoms with Gasteiger partial charge >= 0.3 is 0 Å². The summed E-state index contributed by atoms with van der Waals surface area (Å²) in [5.74, 6) is 0.803. The van der Waals surface area contributed by atoms with Gasteiger partial charge in [0.05, 0.1) is 30.1 Å². The van der Waals surface area contributed by atoms with Crippen molar-refractivity contribution in [2.45, 2.75) is 65.2 Å². The molecule has 0 radical (unpaired) electrons. The van der Waals surface area contributed by atoms with Gasteiger partial charge in [0.1, 0.15) is 5.82 Å². The van der Waals surface area contributed by atoms with Crippen molar-refractivity contribution in [1.29, 1.82) is 0 Å². The number of nitrogens with one attached hydrogen (secondary N) is 1. The summed E-state index contributed by atoms with van der Waals surface area (Å²) in [5.41, 5.74) is 3.10. The fourth-order valence-electron chi connectivity index (χ4n) is 4.39. The molecule has 0 spiro atoms. The first-order valence-electron chi connectivity index (χ1n) is 10.7. The van der Waals surface area contributed by atoms with E-state index in [0.717, 1.165) is 48.4 Å². The number of carbonyl (C=O) groups excluding carboxylic acids is 2. The van der Waals surface area contributed by atoms with Crippen LogP contribution in [-0.4, -0.2) is 28.9 Å². The van der Waals surface area contributed by atoms with Crippen LogP contribution < -0.4 is 10.2 Å². The molecule has 0 atom stereocenters. The number of rotatable bonds is 4. The molecule has 1 aromatic carbocycles. The number of fused-ring (bicyclic) bond motifs is 2. The number of pyridine rings is 1. The molecule has 30 heavy (non-hydrogen) atoms. The fourth-order valence-corrected chi connectivity index (χ4v) is 4.39. The molecule has 4 rings (SSSR count). The Balaban J connectivity index is 1.63. The van der Waals surface area contributed by atoms with Crippen LogP contribution >= 0.6 is 0 Å². The van der Waals surface area contributed by atoms with Gasteiger partial charge in [0, 0.05) is 23.2 Å². The summed E-state index contributed by atoms with van der Waals surface area (Å²) in [6.45, 7) is 6.09. The van der Waals surface area contributed by atoms with Crippen molar-refractivity contribution < 1.29 is 14.3 Å². The summed E-state index contributed by atoms with van der Waals surface area (Å²) in [6.07, 6.45) is 5.63. The Bertz CT molecular complexity index is 948.